The third-order valence-corrected chi connectivity index (χ3v) is 6.84. The summed E-state index contributed by atoms with van der Waals surface area (Å²) in [6, 6.07) is 23.7. The second-order valence-electron chi connectivity index (χ2n) is 7.22. The number of sulfonamides is 1. The van der Waals surface area contributed by atoms with E-state index in [-0.39, 0.29) is 11.5 Å². The maximum atomic E-state index is 12.6. The Hall–Kier alpha value is -3.10. The molecule has 8 heteroatoms. The van der Waals surface area contributed by atoms with E-state index in [0.717, 1.165) is 21.9 Å². The van der Waals surface area contributed by atoms with Crippen LogP contribution in [0.15, 0.2) is 83.8 Å². The van der Waals surface area contributed by atoms with Crippen molar-refractivity contribution >= 4 is 44.9 Å². The number of rotatable bonds is 9. The summed E-state index contributed by atoms with van der Waals surface area (Å²) < 4.78 is 25.6. The van der Waals surface area contributed by atoms with Crippen molar-refractivity contribution in [1.29, 1.82) is 0 Å². The molecule has 3 aromatic carbocycles. The molecule has 166 valence electrons. The van der Waals surface area contributed by atoms with Crippen LogP contribution < -0.4 is 9.62 Å². The maximum absolute atomic E-state index is 12.6. The normalized spacial score (nSPS) is 11.1. The molecule has 0 saturated carbocycles. The fourth-order valence-corrected chi connectivity index (χ4v) is 4.70. The summed E-state index contributed by atoms with van der Waals surface area (Å²) in [5, 5.41) is 2.73. The Kier molecular flexibility index (Phi) is 7.71. The average molecular weight is 469 g/mol. The second kappa shape index (κ2) is 10.5. The highest BCUT2D eigenvalue weighted by Gasteiger charge is 2.21. The summed E-state index contributed by atoms with van der Waals surface area (Å²) >= 11 is 1.72. The van der Waals surface area contributed by atoms with E-state index in [1.807, 2.05) is 30.3 Å². The SMILES string of the molecule is CC(=O)c1cccc(N(CC(=O)Nc2ccc(CSc3ccccc3)cc2)S(C)(=O)=O)c1. The van der Waals surface area contributed by atoms with Crippen LogP contribution in [-0.2, 0) is 20.6 Å². The average Bonchev–Trinajstić information content (AvgIpc) is 2.77. The minimum atomic E-state index is -3.73. The van der Waals surface area contributed by atoms with Gasteiger partial charge in [-0.1, -0.05) is 42.5 Å². The molecule has 0 aliphatic carbocycles. The molecule has 0 heterocycles. The van der Waals surface area contributed by atoms with Crippen molar-refractivity contribution in [3.05, 3.63) is 90.0 Å². The molecular formula is C24H24N2O4S2. The molecule has 0 aromatic heterocycles. The van der Waals surface area contributed by atoms with Gasteiger partial charge in [-0.15, -0.1) is 11.8 Å². The van der Waals surface area contributed by atoms with Crippen molar-refractivity contribution in [3.8, 4) is 0 Å². The number of nitrogens with one attached hydrogen (secondary N) is 1. The van der Waals surface area contributed by atoms with E-state index in [0.29, 0.717) is 11.3 Å². The smallest absolute Gasteiger partial charge is 0.245 e. The molecule has 3 rings (SSSR count). The van der Waals surface area contributed by atoms with Crippen LogP contribution in [0.4, 0.5) is 11.4 Å². The first-order chi connectivity index (χ1) is 15.2. The van der Waals surface area contributed by atoms with Gasteiger partial charge in [0.15, 0.2) is 5.78 Å². The van der Waals surface area contributed by atoms with Gasteiger partial charge in [0.05, 0.1) is 11.9 Å². The summed E-state index contributed by atoms with van der Waals surface area (Å²) in [5.41, 5.74) is 2.33. The highest BCUT2D eigenvalue weighted by molar-refractivity contribution is 7.98. The van der Waals surface area contributed by atoms with Crippen LogP contribution in [0.1, 0.15) is 22.8 Å². The minimum absolute atomic E-state index is 0.185. The van der Waals surface area contributed by atoms with Crippen LogP contribution >= 0.6 is 11.8 Å². The first-order valence-electron chi connectivity index (χ1n) is 9.88. The van der Waals surface area contributed by atoms with Crippen molar-refractivity contribution in [2.24, 2.45) is 0 Å². The van der Waals surface area contributed by atoms with Crippen molar-refractivity contribution in [2.75, 3.05) is 22.4 Å². The Labute approximate surface area is 192 Å². The number of hydrogen-bond acceptors (Lipinski definition) is 5. The van der Waals surface area contributed by atoms with Gasteiger partial charge in [-0.3, -0.25) is 13.9 Å². The molecule has 6 nitrogen and oxygen atoms in total. The van der Waals surface area contributed by atoms with E-state index in [4.69, 9.17) is 0 Å². The van der Waals surface area contributed by atoms with Crippen molar-refractivity contribution in [1.82, 2.24) is 0 Å². The molecule has 0 bridgehead atoms. The van der Waals surface area contributed by atoms with E-state index >= 15 is 0 Å². The fourth-order valence-electron chi connectivity index (χ4n) is 2.98. The molecule has 0 atom stereocenters. The fraction of sp³-hybridized carbons (Fsp3) is 0.167. The quantitative estimate of drug-likeness (QED) is 0.367. The molecule has 0 aliphatic rings. The number of benzene rings is 3. The first-order valence-corrected chi connectivity index (χ1v) is 12.7. The van der Waals surface area contributed by atoms with Crippen LogP contribution in [0, 0.1) is 0 Å². The predicted molar refractivity (Wildman–Crippen MR) is 130 cm³/mol. The number of Topliss-reactive ketones (excluding diaryl/α,β-unsaturated/α-hetero) is 1. The van der Waals surface area contributed by atoms with Gasteiger partial charge in [0.25, 0.3) is 0 Å². The topological polar surface area (TPSA) is 83.6 Å². The number of carbonyl (C=O) groups is 2. The Morgan fingerprint density at radius 1 is 0.938 bits per heavy atom. The Morgan fingerprint density at radius 2 is 1.62 bits per heavy atom. The third kappa shape index (κ3) is 6.70. The Bertz CT molecular complexity index is 1190. The highest BCUT2D eigenvalue weighted by atomic mass is 32.2. The number of carbonyl (C=O) groups excluding carboxylic acids is 2. The molecule has 0 fully saturated rings. The van der Waals surface area contributed by atoms with Gasteiger partial charge in [-0.25, -0.2) is 8.42 Å². The van der Waals surface area contributed by atoms with Crippen LogP contribution in [-0.4, -0.2) is 32.9 Å². The van der Waals surface area contributed by atoms with Gasteiger partial charge >= 0.3 is 0 Å². The molecule has 0 saturated heterocycles. The third-order valence-electron chi connectivity index (χ3n) is 4.61. The summed E-state index contributed by atoms with van der Waals surface area (Å²) in [4.78, 5) is 25.4. The van der Waals surface area contributed by atoms with Crippen LogP contribution in [0.25, 0.3) is 0 Å². The summed E-state index contributed by atoms with van der Waals surface area (Å²) in [7, 11) is -3.73. The summed E-state index contributed by atoms with van der Waals surface area (Å²) in [5.74, 6) is 0.136. The lowest BCUT2D eigenvalue weighted by Gasteiger charge is -2.22. The van der Waals surface area contributed by atoms with Gasteiger partial charge in [0.1, 0.15) is 6.54 Å². The van der Waals surface area contributed by atoms with E-state index in [1.54, 1.807) is 42.1 Å². The van der Waals surface area contributed by atoms with E-state index in [2.05, 4.69) is 17.4 Å². The Balaban J connectivity index is 1.65. The molecule has 0 unspecified atom stereocenters. The van der Waals surface area contributed by atoms with E-state index < -0.39 is 22.5 Å². The van der Waals surface area contributed by atoms with Crippen molar-refractivity contribution in [3.63, 3.8) is 0 Å². The van der Waals surface area contributed by atoms with Crippen LogP contribution in [0.2, 0.25) is 0 Å². The predicted octanol–water partition coefficient (Wildman–Crippen LogP) is 4.59. The van der Waals surface area contributed by atoms with Crippen molar-refractivity contribution < 1.29 is 18.0 Å². The maximum Gasteiger partial charge on any atom is 0.245 e. The molecule has 0 aliphatic heterocycles. The Morgan fingerprint density at radius 3 is 2.25 bits per heavy atom. The number of thioether (sulfide) groups is 1. The number of nitrogens with zero attached hydrogens (tertiary/aromatic N) is 1. The molecular weight excluding hydrogens is 444 g/mol. The van der Waals surface area contributed by atoms with Gasteiger partial charge < -0.3 is 5.32 Å². The van der Waals surface area contributed by atoms with Crippen LogP contribution in [0.5, 0.6) is 0 Å². The van der Waals surface area contributed by atoms with Crippen molar-refractivity contribution in [2.45, 2.75) is 17.6 Å². The zero-order chi connectivity index (χ0) is 23.1. The van der Waals surface area contributed by atoms with Gasteiger partial charge in [-0.2, -0.15) is 0 Å². The lowest BCUT2D eigenvalue weighted by atomic mass is 10.1. The largest absolute Gasteiger partial charge is 0.325 e. The van der Waals surface area contributed by atoms with E-state index in [1.165, 1.54) is 17.9 Å². The summed E-state index contributed by atoms with van der Waals surface area (Å²) in [6.45, 7) is 1.00. The number of amides is 1. The monoisotopic (exact) mass is 468 g/mol. The number of anilines is 2. The standard InChI is InChI=1S/C24H24N2O4S2/c1-18(27)20-7-6-8-22(15-20)26(32(2,29)30)16-24(28)25-21-13-11-19(12-14-21)17-31-23-9-4-3-5-10-23/h3-15H,16-17H2,1-2H3,(H,25,28). The zero-order valence-electron chi connectivity index (χ0n) is 17.8. The first kappa shape index (κ1) is 23.6. The van der Waals surface area contributed by atoms with Gasteiger partial charge in [0, 0.05) is 21.9 Å². The molecule has 32 heavy (non-hydrogen) atoms. The number of hydrogen-bond donors (Lipinski definition) is 1. The summed E-state index contributed by atoms with van der Waals surface area (Å²) in [6.07, 6.45) is 1.03. The van der Waals surface area contributed by atoms with Gasteiger partial charge in [-0.05, 0) is 48.9 Å². The molecule has 0 radical (unpaired) electrons. The second-order valence-corrected chi connectivity index (χ2v) is 10.2. The molecule has 1 N–H and O–H groups in total. The molecule has 3 aromatic rings. The lowest BCUT2D eigenvalue weighted by molar-refractivity contribution is -0.114. The zero-order valence-corrected chi connectivity index (χ0v) is 19.4. The number of ketones is 1. The van der Waals surface area contributed by atoms with Crippen LogP contribution in [0.3, 0.4) is 0 Å². The van der Waals surface area contributed by atoms with E-state index in [9.17, 15) is 18.0 Å². The minimum Gasteiger partial charge on any atom is -0.325 e. The molecule has 1 amide bonds. The highest BCUT2D eigenvalue weighted by Crippen LogP contribution is 2.23. The lowest BCUT2D eigenvalue weighted by Crippen LogP contribution is -2.37. The molecule has 0 spiro atoms. The van der Waals surface area contributed by atoms with Gasteiger partial charge in [0.2, 0.25) is 15.9 Å².